The third-order valence-corrected chi connectivity index (χ3v) is 1.49. The second kappa shape index (κ2) is 3.10. The van der Waals surface area contributed by atoms with Crippen molar-refractivity contribution in [2.24, 2.45) is 0 Å². The summed E-state index contributed by atoms with van der Waals surface area (Å²) in [6.45, 7) is 3.60. The predicted molar refractivity (Wildman–Crippen MR) is 46.4 cm³/mol. The fraction of sp³-hybridized carbons (Fsp3) is 0.111. The van der Waals surface area contributed by atoms with E-state index in [-0.39, 0.29) is 5.75 Å². The molecule has 0 spiro atoms. The van der Waals surface area contributed by atoms with Gasteiger partial charge in [0.05, 0.1) is 0 Å². The van der Waals surface area contributed by atoms with Crippen molar-refractivity contribution < 1.29 is 5.11 Å². The van der Waals surface area contributed by atoms with E-state index < -0.39 is 0 Å². The monoisotopic (exact) mass is 149 g/mol. The molecule has 0 aliphatic rings. The van der Waals surface area contributed by atoms with Crippen LogP contribution in [0.25, 0.3) is 0 Å². The molecule has 58 valence electrons. The van der Waals surface area contributed by atoms with E-state index in [1.54, 1.807) is 24.3 Å². The normalized spacial score (nSPS) is 9.45. The molecule has 0 amide bonds. The number of aromatic hydroxyl groups is 1. The van der Waals surface area contributed by atoms with Crippen LogP contribution < -0.4 is 5.73 Å². The lowest BCUT2D eigenvalue weighted by Gasteiger charge is -2.01. The first-order valence-electron chi connectivity index (χ1n) is 3.42. The molecule has 0 fully saturated rings. The van der Waals surface area contributed by atoms with E-state index in [9.17, 15) is 0 Å². The summed E-state index contributed by atoms with van der Waals surface area (Å²) in [7, 11) is 0. The molecule has 0 aliphatic heterocycles. The summed E-state index contributed by atoms with van der Waals surface area (Å²) in [6, 6.07) is 4.96. The zero-order valence-corrected chi connectivity index (χ0v) is 6.25. The molecular formula is C9H11NO. The Hall–Kier alpha value is -1.44. The summed E-state index contributed by atoms with van der Waals surface area (Å²) in [4.78, 5) is 0. The van der Waals surface area contributed by atoms with E-state index in [0.29, 0.717) is 5.69 Å². The number of anilines is 1. The predicted octanol–water partition coefficient (Wildman–Crippen LogP) is 1.70. The van der Waals surface area contributed by atoms with Crippen molar-refractivity contribution in [1.29, 1.82) is 0 Å². The van der Waals surface area contributed by atoms with Crippen LogP contribution in [0.5, 0.6) is 5.75 Å². The van der Waals surface area contributed by atoms with Gasteiger partial charge in [-0.25, -0.2) is 0 Å². The maximum absolute atomic E-state index is 9.00. The van der Waals surface area contributed by atoms with Crippen molar-refractivity contribution in [1.82, 2.24) is 0 Å². The molecule has 2 nitrogen and oxygen atoms in total. The molecule has 1 aromatic rings. The van der Waals surface area contributed by atoms with Gasteiger partial charge in [0.1, 0.15) is 5.75 Å². The molecule has 0 heterocycles. The van der Waals surface area contributed by atoms with Gasteiger partial charge in [0.25, 0.3) is 0 Å². The van der Waals surface area contributed by atoms with Crippen LogP contribution >= 0.6 is 0 Å². The molecule has 1 aromatic carbocycles. The molecule has 1 rings (SSSR count). The summed E-state index contributed by atoms with van der Waals surface area (Å²) in [5.74, 6) is 0.204. The molecule has 0 aromatic heterocycles. The fourth-order valence-corrected chi connectivity index (χ4v) is 0.924. The van der Waals surface area contributed by atoms with Gasteiger partial charge in [0.2, 0.25) is 0 Å². The number of phenolic OH excluding ortho intramolecular Hbond substituents is 1. The number of nitrogens with two attached hydrogens (primary N) is 1. The van der Waals surface area contributed by atoms with Gasteiger partial charge in [0, 0.05) is 11.8 Å². The smallest absolute Gasteiger partial charge is 0.117 e. The molecule has 0 aliphatic carbocycles. The molecule has 2 heteroatoms. The van der Waals surface area contributed by atoms with E-state index >= 15 is 0 Å². The Labute approximate surface area is 66.0 Å². The lowest BCUT2D eigenvalue weighted by molar-refractivity contribution is 0.475. The zero-order valence-electron chi connectivity index (χ0n) is 6.25. The number of allylic oxidation sites excluding steroid dienone is 1. The topological polar surface area (TPSA) is 46.2 Å². The summed E-state index contributed by atoms with van der Waals surface area (Å²) < 4.78 is 0. The number of hydrogen-bond acceptors (Lipinski definition) is 2. The number of hydrogen-bond donors (Lipinski definition) is 2. The van der Waals surface area contributed by atoms with Crippen molar-refractivity contribution in [2.45, 2.75) is 6.42 Å². The van der Waals surface area contributed by atoms with E-state index in [2.05, 4.69) is 6.58 Å². The second-order valence-electron chi connectivity index (χ2n) is 2.38. The summed E-state index contributed by atoms with van der Waals surface area (Å²) in [5.41, 5.74) is 7.21. The van der Waals surface area contributed by atoms with Gasteiger partial charge in [-0.2, -0.15) is 0 Å². The molecule has 0 unspecified atom stereocenters. The third kappa shape index (κ3) is 1.74. The molecule has 11 heavy (non-hydrogen) atoms. The van der Waals surface area contributed by atoms with E-state index in [1.807, 2.05) is 0 Å². The minimum Gasteiger partial charge on any atom is -0.508 e. The van der Waals surface area contributed by atoms with Gasteiger partial charge >= 0.3 is 0 Å². The van der Waals surface area contributed by atoms with Crippen LogP contribution in [0.4, 0.5) is 5.69 Å². The Morgan fingerprint density at radius 1 is 1.55 bits per heavy atom. The van der Waals surface area contributed by atoms with Gasteiger partial charge < -0.3 is 10.8 Å². The Kier molecular flexibility index (Phi) is 2.16. The highest BCUT2D eigenvalue weighted by atomic mass is 16.3. The Morgan fingerprint density at radius 2 is 2.27 bits per heavy atom. The molecule has 0 saturated heterocycles. The van der Waals surface area contributed by atoms with Crippen molar-refractivity contribution in [3.63, 3.8) is 0 Å². The number of nitrogen functional groups attached to an aromatic ring is 1. The van der Waals surface area contributed by atoms with Crippen LogP contribution in [0.15, 0.2) is 30.9 Å². The third-order valence-electron chi connectivity index (χ3n) is 1.49. The van der Waals surface area contributed by atoms with E-state index in [4.69, 9.17) is 10.8 Å². The zero-order chi connectivity index (χ0) is 8.27. The van der Waals surface area contributed by atoms with Gasteiger partial charge in [-0.1, -0.05) is 12.1 Å². The molecule has 0 bridgehead atoms. The lowest BCUT2D eigenvalue weighted by atomic mass is 10.1. The summed E-state index contributed by atoms with van der Waals surface area (Å²) in [6.07, 6.45) is 2.52. The van der Waals surface area contributed by atoms with E-state index in [1.165, 1.54) is 0 Å². The van der Waals surface area contributed by atoms with Crippen LogP contribution in [-0.2, 0) is 6.42 Å². The highest BCUT2D eigenvalue weighted by molar-refractivity contribution is 5.51. The van der Waals surface area contributed by atoms with Crippen molar-refractivity contribution >= 4 is 5.69 Å². The first-order chi connectivity index (χ1) is 5.24. The maximum atomic E-state index is 9.00. The van der Waals surface area contributed by atoms with E-state index in [0.717, 1.165) is 12.0 Å². The molecular weight excluding hydrogens is 138 g/mol. The highest BCUT2D eigenvalue weighted by Crippen LogP contribution is 2.18. The van der Waals surface area contributed by atoms with Gasteiger partial charge in [0.15, 0.2) is 0 Å². The van der Waals surface area contributed by atoms with Crippen LogP contribution in [-0.4, -0.2) is 5.11 Å². The number of phenols is 1. The molecule has 0 radical (unpaired) electrons. The molecule has 3 N–H and O–H groups in total. The minimum absolute atomic E-state index is 0.204. The first kappa shape index (κ1) is 7.66. The van der Waals surface area contributed by atoms with Crippen LogP contribution in [0.1, 0.15) is 5.56 Å². The van der Waals surface area contributed by atoms with Gasteiger partial charge in [-0.15, -0.1) is 6.58 Å². The number of rotatable bonds is 2. The van der Waals surface area contributed by atoms with Gasteiger partial charge in [-0.3, -0.25) is 0 Å². The van der Waals surface area contributed by atoms with Gasteiger partial charge in [-0.05, 0) is 18.1 Å². The summed E-state index contributed by atoms with van der Waals surface area (Å²) >= 11 is 0. The SMILES string of the molecule is C=CCc1ccc(O)cc1N. The standard InChI is InChI=1S/C9H11NO/c1-2-3-7-4-5-8(11)6-9(7)10/h2,4-6,11H,1,3,10H2. The minimum atomic E-state index is 0.204. The largest absolute Gasteiger partial charge is 0.508 e. The molecule has 0 atom stereocenters. The summed E-state index contributed by atoms with van der Waals surface area (Å²) in [5, 5.41) is 9.00. The van der Waals surface area contributed by atoms with Crippen molar-refractivity contribution in [3.8, 4) is 5.75 Å². The number of benzene rings is 1. The highest BCUT2D eigenvalue weighted by Gasteiger charge is 1.96. The quantitative estimate of drug-likeness (QED) is 0.496. The lowest BCUT2D eigenvalue weighted by Crippen LogP contribution is -1.91. The second-order valence-corrected chi connectivity index (χ2v) is 2.38. The average molecular weight is 149 g/mol. The van der Waals surface area contributed by atoms with Crippen LogP contribution in [0.3, 0.4) is 0 Å². The van der Waals surface area contributed by atoms with Crippen molar-refractivity contribution in [3.05, 3.63) is 36.4 Å². The fourth-order valence-electron chi connectivity index (χ4n) is 0.924. The van der Waals surface area contributed by atoms with Crippen molar-refractivity contribution in [2.75, 3.05) is 5.73 Å². The Morgan fingerprint density at radius 3 is 2.82 bits per heavy atom. The Balaban J connectivity index is 2.98. The average Bonchev–Trinajstić information content (AvgIpc) is 1.95. The first-order valence-corrected chi connectivity index (χ1v) is 3.42. The Bertz CT molecular complexity index is 268. The maximum Gasteiger partial charge on any atom is 0.117 e. The van der Waals surface area contributed by atoms with Crippen LogP contribution in [0.2, 0.25) is 0 Å². The molecule has 0 saturated carbocycles. The van der Waals surface area contributed by atoms with Crippen LogP contribution in [0, 0.1) is 0 Å².